The third kappa shape index (κ3) is 5.77. The van der Waals surface area contributed by atoms with Crippen LogP contribution in [0.25, 0.3) is 0 Å². The molecule has 0 atom stereocenters. The number of urea groups is 1. The molecule has 0 bridgehead atoms. The molecule has 8 heteroatoms. The molecule has 0 aliphatic heterocycles. The first-order valence-electron chi connectivity index (χ1n) is 7.74. The molecule has 0 aliphatic rings. The second-order valence-electron chi connectivity index (χ2n) is 5.51. The maximum atomic E-state index is 12.5. The number of rotatable bonds is 7. The summed E-state index contributed by atoms with van der Waals surface area (Å²) in [5.74, 6) is 0.111. The Morgan fingerprint density at radius 1 is 1.19 bits per heavy atom. The van der Waals surface area contributed by atoms with E-state index in [4.69, 9.17) is 16.3 Å². The van der Waals surface area contributed by atoms with Crippen LogP contribution in [0.4, 0.5) is 13.6 Å². The molecule has 0 aliphatic carbocycles. The maximum absolute atomic E-state index is 12.5. The maximum Gasteiger partial charge on any atom is 0.387 e. The number of alkyl halides is 2. The lowest BCUT2D eigenvalue weighted by Gasteiger charge is -2.18. The van der Waals surface area contributed by atoms with Crippen molar-refractivity contribution >= 4 is 17.6 Å². The number of ether oxygens (including phenoxy) is 2. The van der Waals surface area contributed by atoms with E-state index in [9.17, 15) is 13.6 Å². The minimum Gasteiger partial charge on any atom is -0.493 e. The molecule has 2 aromatic rings. The normalized spacial score (nSPS) is 10.5. The highest BCUT2D eigenvalue weighted by Crippen LogP contribution is 2.29. The SMILES string of the molecule is COc1ccc(CNC(=O)N(C)Cc2cccc(Cl)c2)cc1OC(F)F. The van der Waals surface area contributed by atoms with E-state index in [0.717, 1.165) is 5.56 Å². The van der Waals surface area contributed by atoms with Gasteiger partial charge in [-0.2, -0.15) is 8.78 Å². The molecule has 0 radical (unpaired) electrons. The largest absolute Gasteiger partial charge is 0.493 e. The molecule has 0 saturated carbocycles. The second-order valence-corrected chi connectivity index (χ2v) is 5.94. The zero-order chi connectivity index (χ0) is 19.1. The number of amides is 2. The Balaban J connectivity index is 1.95. The van der Waals surface area contributed by atoms with Crippen LogP contribution >= 0.6 is 11.6 Å². The van der Waals surface area contributed by atoms with E-state index in [1.165, 1.54) is 24.1 Å². The predicted octanol–water partition coefficient (Wildman–Crippen LogP) is 4.29. The second kappa shape index (κ2) is 9.24. The van der Waals surface area contributed by atoms with E-state index < -0.39 is 6.61 Å². The number of methoxy groups -OCH3 is 1. The molecule has 0 spiro atoms. The first kappa shape index (κ1) is 19.8. The van der Waals surface area contributed by atoms with E-state index in [-0.39, 0.29) is 24.1 Å². The van der Waals surface area contributed by atoms with Gasteiger partial charge in [-0.25, -0.2) is 4.79 Å². The van der Waals surface area contributed by atoms with Crippen molar-refractivity contribution < 1.29 is 23.0 Å². The van der Waals surface area contributed by atoms with Crippen molar-refractivity contribution in [1.29, 1.82) is 0 Å². The van der Waals surface area contributed by atoms with Gasteiger partial charge in [0.15, 0.2) is 11.5 Å². The summed E-state index contributed by atoms with van der Waals surface area (Å²) in [6.07, 6.45) is 0. The summed E-state index contributed by atoms with van der Waals surface area (Å²) in [7, 11) is 3.01. The lowest BCUT2D eigenvalue weighted by Crippen LogP contribution is -2.36. The lowest BCUT2D eigenvalue weighted by molar-refractivity contribution is -0.0512. The number of hydrogen-bond acceptors (Lipinski definition) is 3. The van der Waals surface area contributed by atoms with E-state index in [2.05, 4.69) is 10.1 Å². The minimum absolute atomic E-state index is 0.0819. The van der Waals surface area contributed by atoms with Gasteiger partial charge in [-0.1, -0.05) is 29.8 Å². The van der Waals surface area contributed by atoms with Crippen molar-refractivity contribution in [3.8, 4) is 11.5 Å². The molecule has 2 aromatic carbocycles. The third-order valence-corrected chi connectivity index (χ3v) is 3.78. The smallest absolute Gasteiger partial charge is 0.387 e. The third-order valence-electron chi connectivity index (χ3n) is 3.54. The van der Waals surface area contributed by atoms with E-state index in [1.54, 1.807) is 25.2 Å². The molecule has 0 unspecified atom stereocenters. The van der Waals surface area contributed by atoms with Crippen LogP contribution in [0.2, 0.25) is 5.02 Å². The number of nitrogens with zero attached hydrogens (tertiary/aromatic N) is 1. The summed E-state index contributed by atoms with van der Waals surface area (Å²) in [6, 6.07) is 11.5. The molecule has 2 rings (SSSR count). The predicted molar refractivity (Wildman–Crippen MR) is 94.8 cm³/mol. The molecular weight excluding hydrogens is 366 g/mol. The van der Waals surface area contributed by atoms with Gasteiger partial charge in [0.2, 0.25) is 0 Å². The zero-order valence-corrected chi connectivity index (χ0v) is 15.1. The van der Waals surface area contributed by atoms with Crippen LogP contribution in [0.3, 0.4) is 0 Å². The van der Waals surface area contributed by atoms with Crippen LogP contribution in [0.1, 0.15) is 11.1 Å². The number of hydrogen-bond donors (Lipinski definition) is 1. The first-order valence-corrected chi connectivity index (χ1v) is 8.12. The highest BCUT2D eigenvalue weighted by molar-refractivity contribution is 6.30. The van der Waals surface area contributed by atoms with Crippen molar-refractivity contribution in [3.63, 3.8) is 0 Å². The molecule has 1 N–H and O–H groups in total. The van der Waals surface area contributed by atoms with Crippen molar-refractivity contribution in [2.45, 2.75) is 19.7 Å². The fourth-order valence-corrected chi connectivity index (χ4v) is 2.53. The van der Waals surface area contributed by atoms with Crippen LogP contribution in [0.15, 0.2) is 42.5 Å². The van der Waals surface area contributed by atoms with E-state index in [1.807, 2.05) is 12.1 Å². The quantitative estimate of drug-likeness (QED) is 0.774. The van der Waals surface area contributed by atoms with Gasteiger partial charge >= 0.3 is 12.6 Å². The van der Waals surface area contributed by atoms with Crippen LogP contribution < -0.4 is 14.8 Å². The standard InChI is InChI=1S/C18H19ClF2N2O3/c1-23(11-13-4-3-5-14(19)8-13)18(24)22-10-12-6-7-15(25-2)16(9-12)26-17(20)21/h3-9,17H,10-11H2,1-2H3,(H,22,24). The molecule has 2 amide bonds. The van der Waals surface area contributed by atoms with Crippen LogP contribution in [0, 0.1) is 0 Å². The molecule has 5 nitrogen and oxygen atoms in total. The summed E-state index contributed by atoms with van der Waals surface area (Å²) in [5, 5.41) is 3.32. The first-order chi connectivity index (χ1) is 12.4. The van der Waals surface area contributed by atoms with Crippen LogP contribution in [-0.2, 0) is 13.1 Å². The molecule has 0 saturated heterocycles. The summed E-state index contributed by atoms with van der Waals surface area (Å²) in [5.41, 5.74) is 1.50. The Morgan fingerprint density at radius 3 is 2.62 bits per heavy atom. The van der Waals surface area contributed by atoms with Gasteiger partial charge < -0.3 is 19.7 Å². The Morgan fingerprint density at radius 2 is 1.96 bits per heavy atom. The van der Waals surface area contributed by atoms with Crippen molar-refractivity contribution in [2.75, 3.05) is 14.2 Å². The van der Waals surface area contributed by atoms with E-state index in [0.29, 0.717) is 17.1 Å². The Labute approximate surface area is 155 Å². The average Bonchev–Trinajstić information content (AvgIpc) is 2.59. The number of carbonyl (C=O) groups excluding carboxylic acids is 1. The van der Waals surface area contributed by atoms with Gasteiger partial charge in [-0.05, 0) is 35.4 Å². The molecule has 0 aromatic heterocycles. The highest BCUT2D eigenvalue weighted by atomic mass is 35.5. The molecule has 140 valence electrons. The zero-order valence-electron chi connectivity index (χ0n) is 14.3. The van der Waals surface area contributed by atoms with E-state index >= 15 is 0 Å². The Bertz CT molecular complexity index is 759. The fraction of sp³-hybridized carbons (Fsp3) is 0.278. The van der Waals surface area contributed by atoms with Gasteiger partial charge in [-0.15, -0.1) is 0 Å². The highest BCUT2D eigenvalue weighted by Gasteiger charge is 2.13. The van der Waals surface area contributed by atoms with Crippen molar-refractivity contribution in [3.05, 3.63) is 58.6 Å². The molecule has 0 fully saturated rings. The Kier molecular flexibility index (Phi) is 7.03. The lowest BCUT2D eigenvalue weighted by atomic mass is 10.2. The summed E-state index contributed by atoms with van der Waals surface area (Å²) in [4.78, 5) is 13.7. The van der Waals surface area contributed by atoms with Crippen molar-refractivity contribution in [2.24, 2.45) is 0 Å². The van der Waals surface area contributed by atoms with Gasteiger partial charge in [0.25, 0.3) is 0 Å². The number of carbonyl (C=O) groups is 1. The van der Waals surface area contributed by atoms with Crippen LogP contribution in [-0.4, -0.2) is 31.7 Å². The van der Waals surface area contributed by atoms with Gasteiger partial charge in [-0.3, -0.25) is 0 Å². The molecule has 0 heterocycles. The molecular formula is C18H19ClF2N2O3. The summed E-state index contributed by atoms with van der Waals surface area (Å²) < 4.78 is 34.3. The number of halogens is 3. The number of benzene rings is 2. The topological polar surface area (TPSA) is 50.8 Å². The minimum atomic E-state index is -2.96. The average molecular weight is 385 g/mol. The fourth-order valence-electron chi connectivity index (χ4n) is 2.31. The van der Waals surface area contributed by atoms with Crippen LogP contribution in [0.5, 0.6) is 11.5 Å². The summed E-state index contributed by atoms with van der Waals surface area (Å²) in [6.45, 7) is -2.42. The summed E-state index contributed by atoms with van der Waals surface area (Å²) >= 11 is 5.93. The van der Waals surface area contributed by atoms with Gasteiger partial charge in [0.05, 0.1) is 7.11 Å². The van der Waals surface area contributed by atoms with Gasteiger partial charge in [0.1, 0.15) is 0 Å². The van der Waals surface area contributed by atoms with Crippen molar-refractivity contribution in [1.82, 2.24) is 10.2 Å². The Hall–Kier alpha value is -2.54. The number of nitrogens with one attached hydrogen (secondary N) is 1. The van der Waals surface area contributed by atoms with Gasteiger partial charge in [0, 0.05) is 25.2 Å². The molecule has 26 heavy (non-hydrogen) atoms. The monoisotopic (exact) mass is 384 g/mol.